The SMILES string of the molecule is CC(C)(C)OC(=O)N1CC[C@H](CB2OC(C)(C)C(C)(C)O2)C1. The van der Waals surface area contributed by atoms with Crippen molar-refractivity contribution in [2.24, 2.45) is 5.92 Å². The van der Waals surface area contributed by atoms with Gasteiger partial charge in [-0.05, 0) is 67.1 Å². The van der Waals surface area contributed by atoms with E-state index in [0.29, 0.717) is 5.92 Å². The molecule has 2 aliphatic rings. The maximum Gasteiger partial charge on any atom is 0.458 e. The van der Waals surface area contributed by atoms with Gasteiger partial charge < -0.3 is 18.9 Å². The largest absolute Gasteiger partial charge is 0.458 e. The van der Waals surface area contributed by atoms with Crippen molar-refractivity contribution in [2.45, 2.75) is 78.0 Å². The van der Waals surface area contributed by atoms with Crippen LogP contribution in [0.3, 0.4) is 0 Å². The van der Waals surface area contributed by atoms with Crippen LogP contribution in [0, 0.1) is 5.92 Å². The topological polar surface area (TPSA) is 48.0 Å². The van der Waals surface area contributed by atoms with E-state index in [1.165, 1.54) is 0 Å². The summed E-state index contributed by atoms with van der Waals surface area (Å²) in [5, 5.41) is 0. The van der Waals surface area contributed by atoms with Crippen molar-refractivity contribution in [1.29, 1.82) is 0 Å². The highest BCUT2D eigenvalue weighted by Gasteiger charge is 2.51. The summed E-state index contributed by atoms with van der Waals surface area (Å²) in [7, 11) is -0.186. The molecule has 22 heavy (non-hydrogen) atoms. The van der Waals surface area contributed by atoms with Crippen LogP contribution in [0.5, 0.6) is 0 Å². The minimum Gasteiger partial charge on any atom is -0.444 e. The molecule has 5 nitrogen and oxygen atoms in total. The van der Waals surface area contributed by atoms with Crippen LogP contribution in [0.25, 0.3) is 0 Å². The molecule has 0 aromatic rings. The Labute approximate surface area is 134 Å². The zero-order chi connectivity index (χ0) is 16.8. The summed E-state index contributed by atoms with van der Waals surface area (Å²) in [5.41, 5.74) is -1.02. The van der Waals surface area contributed by atoms with Crippen molar-refractivity contribution < 1.29 is 18.8 Å². The van der Waals surface area contributed by atoms with Crippen LogP contribution in [0.4, 0.5) is 4.79 Å². The van der Waals surface area contributed by atoms with Crippen LogP contribution in [0.2, 0.25) is 6.32 Å². The molecule has 0 radical (unpaired) electrons. The highest BCUT2D eigenvalue weighted by atomic mass is 16.7. The maximum atomic E-state index is 12.1. The first-order chi connectivity index (χ1) is 9.90. The van der Waals surface area contributed by atoms with Gasteiger partial charge in [-0.15, -0.1) is 0 Å². The molecule has 0 aliphatic carbocycles. The fourth-order valence-electron chi connectivity index (χ4n) is 2.85. The Kier molecular flexibility index (Phi) is 4.57. The molecular weight excluding hydrogens is 281 g/mol. The zero-order valence-electron chi connectivity index (χ0n) is 15.1. The van der Waals surface area contributed by atoms with Gasteiger partial charge in [0.2, 0.25) is 0 Å². The predicted octanol–water partition coefficient (Wildman–Crippen LogP) is 3.34. The second-order valence-electron chi connectivity index (χ2n) is 8.50. The lowest BCUT2D eigenvalue weighted by Gasteiger charge is -2.32. The van der Waals surface area contributed by atoms with Crippen molar-refractivity contribution in [3.63, 3.8) is 0 Å². The number of hydrogen-bond acceptors (Lipinski definition) is 4. The molecule has 1 atom stereocenters. The van der Waals surface area contributed by atoms with E-state index in [-0.39, 0.29) is 24.4 Å². The third-order valence-electron chi connectivity index (χ3n) is 4.77. The number of ether oxygens (including phenoxy) is 1. The fourth-order valence-corrected chi connectivity index (χ4v) is 2.85. The van der Waals surface area contributed by atoms with Crippen LogP contribution in [-0.2, 0) is 14.0 Å². The average molecular weight is 311 g/mol. The second kappa shape index (κ2) is 5.71. The van der Waals surface area contributed by atoms with Crippen LogP contribution in [0.1, 0.15) is 54.9 Å². The van der Waals surface area contributed by atoms with Crippen LogP contribution < -0.4 is 0 Å². The summed E-state index contributed by atoms with van der Waals surface area (Å²) < 4.78 is 17.5. The lowest BCUT2D eigenvalue weighted by molar-refractivity contribution is 0.00578. The van der Waals surface area contributed by atoms with Gasteiger partial charge in [-0.3, -0.25) is 0 Å². The van der Waals surface area contributed by atoms with E-state index in [2.05, 4.69) is 27.7 Å². The molecule has 2 heterocycles. The Balaban J connectivity index is 1.84. The Morgan fingerprint density at radius 2 is 1.77 bits per heavy atom. The normalized spacial score (nSPS) is 27.3. The molecule has 2 fully saturated rings. The summed E-state index contributed by atoms with van der Waals surface area (Å²) >= 11 is 0. The first-order valence-electron chi connectivity index (χ1n) is 8.23. The van der Waals surface area contributed by atoms with Gasteiger partial charge in [0.05, 0.1) is 11.2 Å². The molecule has 2 aliphatic heterocycles. The molecule has 2 saturated heterocycles. The molecule has 126 valence electrons. The van der Waals surface area contributed by atoms with Gasteiger partial charge in [0.25, 0.3) is 0 Å². The average Bonchev–Trinajstić information content (AvgIpc) is 2.80. The van der Waals surface area contributed by atoms with E-state index in [1.807, 2.05) is 20.8 Å². The summed E-state index contributed by atoms with van der Waals surface area (Å²) in [6, 6.07) is 0. The van der Waals surface area contributed by atoms with E-state index in [9.17, 15) is 4.79 Å². The van der Waals surface area contributed by atoms with Gasteiger partial charge in [0.1, 0.15) is 5.60 Å². The molecule has 0 aromatic carbocycles. The van der Waals surface area contributed by atoms with Gasteiger partial charge in [-0.25, -0.2) is 4.79 Å². The van der Waals surface area contributed by atoms with Gasteiger partial charge >= 0.3 is 13.2 Å². The van der Waals surface area contributed by atoms with Crippen molar-refractivity contribution in [3.8, 4) is 0 Å². The quantitative estimate of drug-likeness (QED) is 0.734. The lowest BCUT2D eigenvalue weighted by atomic mass is 9.77. The van der Waals surface area contributed by atoms with Crippen LogP contribution >= 0.6 is 0 Å². The first kappa shape index (κ1) is 17.6. The molecule has 2 rings (SSSR count). The Bertz CT molecular complexity index is 414. The number of hydrogen-bond donors (Lipinski definition) is 0. The van der Waals surface area contributed by atoms with E-state index in [4.69, 9.17) is 14.0 Å². The molecule has 0 saturated carbocycles. The molecule has 1 amide bonds. The molecule has 0 bridgehead atoms. The third-order valence-corrected chi connectivity index (χ3v) is 4.77. The van der Waals surface area contributed by atoms with Crippen molar-refractivity contribution in [2.75, 3.05) is 13.1 Å². The molecule has 0 N–H and O–H groups in total. The molecule has 0 unspecified atom stereocenters. The number of amides is 1. The maximum absolute atomic E-state index is 12.1. The Hall–Kier alpha value is -0.745. The van der Waals surface area contributed by atoms with Crippen LogP contribution in [-0.4, -0.2) is 48.0 Å². The number of nitrogens with zero attached hydrogens (tertiary/aromatic N) is 1. The smallest absolute Gasteiger partial charge is 0.444 e. The minimum absolute atomic E-state index is 0.186. The number of rotatable bonds is 2. The number of carbonyl (C=O) groups is 1. The fraction of sp³-hybridized carbons (Fsp3) is 0.938. The highest BCUT2D eigenvalue weighted by Crippen LogP contribution is 2.39. The number of likely N-dealkylation sites (tertiary alicyclic amines) is 1. The van der Waals surface area contributed by atoms with Gasteiger partial charge in [0.15, 0.2) is 0 Å². The van der Waals surface area contributed by atoms with Gasteiger partial charge in [-0.2, -0.15) is 0 Å². The monoisotopic (exact) mass is 311 g/mol. The molecule has 6 heteroatoms. The predicted molar refractivity (Wildman–Crippen MR) is 86.8 cm³/mol. The van der Waals surface area contributed by atoms with E-state index >= 15 is 0 Å². The zero-order valence-corrected chi connectivity index (χ0v) is 15.1. The lowest BCUT2D eigenvalue weighted by Crippen LogP contribution is -2.41. The van der Waals surface area contributed by atoms with E-state index in [0.717, 1.165) is 25.8 Å². The standard InChI is InChI=1S/C16H30BNO4/c1-14(2,3)20-13(19)18-9-8-12(11-18)10-17-21-15(4,5)16(6,7)22-17/h12H,8-11H2,1-7H3/t12-/m1/s1. The number of carbonyl (C=O) groups excluding carboxylic acids is 1. The second-order valence-corrected chi connectivity index (χ2v) is 8.50. The van der Waals surface area contributed by atoms with Crippen molar-refractivity contribution in [1.82, 2.24) is 4.90 Å². The minimum atomic E-state index is -0.444. The summed E-state index contributed by atoms with van der Waals surface area (Å²) in [6.45, 7) is 15.4. The summed E-state index contributed by atoms with van der Waals surface area (Å²) in [6.07, 6.45) is 1.58. The molecule has 0 aromatic heterocycles. The van der Waals surface area contributed by atoms with Crippen LogP contribution in [0.15, 0.2) is 0 Å². The van der Waals surface area contributed by atoms with Gasteiger partial charge in [-0.1, -0.05) is 0 Å². The summed E-state index contributed by atoms with van der Waals surface area (Å²) in [4.78, 5) is 13.9. The van der Waals surface area contributed by atoms with Crippen molar-refractivity contribution >= 4 is 13.2 Å². The molecular formula is C16H30BNO4. The highest BCUT2D eigenvalue weighted by molar-refractivity contribution is 6.45. The Morgan fingerprint density at radius 1 is 1.23 bits per heavy atom. The van der Waals surface area contributed by atoms with E-state index < -0.39 is 5.60 Å². The van der Waals surface area contributed by atoms with Crippen molar-refractivity contribution in [3.05, 3.63) is 0 Å². The third kappa shape index (κ3) is 3.96. The summed E-state index contributed by atoms with van der Waals surface area (Å²) in [5.74, 6) is 0.405. The van der Waals surface area contributed by atoms with Gasteiger partial charge in [0, 0.05) is 13.1 Å². The molecule has 0 spiro atoms. The Morgan fingerprint density at radius 3 is 2.27 bits per heavy atom. The van der Waals surface area contributed by atoms with E-state index in [1.54, 1.807) is 4.90 Å². The first-order valence-corrected chi connectivity index (χ1v) is 8.23.